The fourth-order valence-corrected chi connectivity index (χ4v) is 4.12. The van der Waals surface area contributed by atoms with Crippen molar-refractivity contribution in [3.63, 3.8) is 0 Å². The zero-order valence-corrected chi connectivity index (χ0v) is 18.7. The van der Waals surface area contributed by atoms with E-state index in [0.717, 1.165) is 28.8 Å². The lowest BCUT2D eigenvalue weighted by Gasteiger charge is -2.20. The van der Waals surface area contributed by atoms with E-state index in [2.05, 4.69) is 10.1 Å². The highest BCUT2D eigenvalue weighted by atomic mass is 16.5. The van der Waals surface area contributed by atoms with E-state index in [1.165, 1.54) is 0 Å². The third-order valence-corrected chi connectivity index (χ3v) is 5.73. The van der Waals surface area contributed by atoms with Crippen LogP contribution in [0.1, 0.15) is 34.0 Å². The summed E-state index contributed by atoms with van der Waals surface area (Å²) in [6.45, 7) is 3.23. The summed E-state index contributed by atoms with van der Waals surface area (Å²) in [6.07, 6.45) is 6.50. The zero-order chi connectivity index (χ0) is 22.1. The van der Waals surface area contributed by atoms with Gasteiger partial charge in [0.25, 0.3) is 5.91 Å². The van der Waals surface area contributed by atoms with Crippen LogP contribution >= 0.6 is 0 Å². The molecule has 1 fully saturated rings. The van der Waals surface area contributed by atoms with Crippen molar-refractivity contribution in [1.82, 2.24) is 24.6 Å². The molecule has 0 radical (unpaired) electrons. The van der Waals surface area contributed by atoms with E-state index >= 15 is 0 Å². The second kappa shape index (κ2) is 8.37. The number of likely N-dealkylation sites (tertiary alicyclic amines) is 1. The molecule has 1 saturated heterocycles. The van der Waals surface area contributed by atoms with E-state index in [1.807, 2.05) is 74.7 Å². The molecule has 162 valence electrons. The van der Waals surface area contributed by atoms with E-state index in [0.29, 0.717) is 30.4 Å². The van der Waals surface area contributed by atoms with E-state index in [4.69, 9.17) is 9.72 Å². The fourth-order valence-electron chi connectivity index (χ4n) is 4.12. The minimum atomic E-state index is -0.00660. The molecule has 1 atom stereocenters. The van der Waals surface area contributed by atoms with Crippen LogP contribution in [0.5, 0.6) is 5.75 Å². The lowest BCUT2D eigenvalue weighted by atomic mass is 9.97. The first-order valence-corrected chi connectivity index (χ1v) is 10.3. The number of anilines is 1. The second-order valence-corrected chi connectivity index (χ2v) is 8.16. The zero-order valence-electron chi connectivity index (χ0n) is 18.7. The monoisotopic (exact) mass is 420 g/mol. The Hall–Kier alpha value is -3.42. The van der Waals surface area contributed by atoms with E-state index in [9.17, 15) is 4.79 Å². The molecule has 1 aromatic carbocycles. The molecule has 3 heterocycles. The number of carbonyl (C=O) groups excluding carboxylic acids is 1. The highest BCUT2D eigenvalue weighted by Gasteiger charge is 2.32. The number of methoxy groups -OCH3 is 1. The second-order valence-electron chi connectivity index (χ2n) is 8.16. The summed E-state index contributed by atoms with van der Waals surface area (Å²) in [7, 11) is 7.36. The average molecular weight is 421 g/mol. The van der Waals surface area contributed by atoms with Gasteiger partial charge in [-0.1, -0.05) is 12.1 Å². The molecule has 0 saturated carbocycles. The molecule has 1 aliphatic rings. The maximum atomic E-state index is 13.3. The van der Waals surface area contributed by atoms with Gasteiger partial charge in [-0.3, -0.25) is 9.48 Å². The Morgan fingerprint density at radius 2 is 2.06 bits per heavy atom. The minimum Gasteiger partial charge on any atom is -0.496 e. The van der Waals surface area contributed by atoms with Crippen LogP contribution in [0.15, 0.2) is 36.8 Å². The van der Waals surface area contributed by atoms with Crippen LogP contribution in [0, 0.1) is 6.92 Å². The van der Waals surface area contributed by atoms with E-state index in [1.54, 1.807) is 11.8 Å². The molecular formula is C23H28N6O2. The number of ether oxygens (including phenoxy) is 1. The highest BCUT2D eigenvalue weighted by Crippen LogP contribution is 2.35. The Kier molecular flexibility index (Phi) is 5.63. The van der Waals surface area contributed by atoms with Crippen molar-refractivity contribution in [1.29, 1.82) is 0 Å². The lowest BCUT2D eigenvalue weighted by Crippen LogP contribution is -2.29. The maximum Gasteiger partial charge on any atom is 0.257 e. The summed E-state index contributed by atoms with van der Waals surface area (Å²) in [6, 6.07) is 5.68. The molecule has 0 bridgehead atoms. The summed E-state index contributed by atoms with van der Waals surface area (Å²) in [5.74, 6) is 1.42. The summed E-state index contributed by atoms with van der Waals surface area (Å²) in [5.41, 5.74) is 4.46. The van der Waals surface area contributed by atoms with E-state index in [-0.39, 0.29) is 11.8 Å². The maximum absolute atomic E-state index is 13.3. The molecule has 0 unspecified atom stereocenters. The van der Waals surface area contributed by atoms with Gasteiger partial charge in [0.05, 0.1) is 24.6 Å². The third-order valence-electron chi connectivity index (χ3n) is 5.73. The molecule has 2 aromatic heterocycles. The van der Waals surface area contributed by atoms with Crippen molar-refractivity contribution < 1.29 is 9.53 Å². The SMILES string of the molecule is COc1c(C)cccc1C(=O)N1CC[C@@H](c2nc(N(C)C)ncc2-c2cnn(C)c2)C1. The Balaban J connectivity index is 1.65. The standard InChI is InChI=1S/C23H28N6O2/c1-15-7-6-8-18(21(15)31-5)22(30)29-10-9-16(14-29)20-19(17-11-25-28(4)13-17)12-24-23(26-20)27(2)3/h6-8,11-13,16H,9-10,14H2,1-5H3/t16-/m1/s1. The Morgan fingerprint density at radius 1 is 1.26 bits per heavy atom. The molecular weight excluding hydrogens is 392 g/mol. The Labute approximate surface area is 182 Å². The van der Waals surface area contributed by atoms with Gasteiger partial charge in [0, 0.05) is 63.7 Å². The highest BCUT2D eigenvalue weighted by molar-refractivity contribution is 5.97. The number of nitrogens with zero attached hydrogens (tertiary/aromatic N) is 6. The Morgan fingerprint density at radius 3 is 2.74 bits per heavy atom. The van der Waals surface area contributed by atoms with Crippen LogP contribution in [0.2, 0.25) is 0 Å². The van der Waals surface area contributed by atoms with E-state index < -0.39 is 0 Å². The number of amides is 1. The van der Waals surface area contributed by atoms with Gasteiger partial charge >= 0.3 is 0 Å². The fraction of sp³-hybridized carbons (Fsp3) is 0.391. The molecule has 1 aliphatic heterocycles. The van der Waals surface area contributed by atoms with Gasteiger partial charge < -0.3 is 14.5 Å². The van der Waals surface area contributed by atoms with Crippen molar-refractivity contribution in [3.8, 4) is 16.9 Å². The van der Waals surface area contributed by atoms with Crippen LogP contribution in [-0.4, -0.2) is 64.9 Å². The predicted octanol–water partition coefficient (Wildman–Crippen LogP) is 2.89. The largest absolute Gasteiger partial charge is 0.496 e. The van der Waals surface area contributed by atoms with Crippen molar-refractivity contribution in [2.24, 2.45) is 7.05 Å². The van der Waals surface area contributed by atoms with Crippen molar-refractivity contribution in [3.05, 3.63) is 53.6 Å². The summed E-state index contributed by atoms with van der Waals surface area (Å²) in [4.78, 5) is 26.5. The van der Waals surface area contributed by atoms with Crippen LogP contribution < -0.4 is 9.64 Å². The van der Waals surface area contributed by atoms with Gasteiger partial charge in [-0.2, -0.15) is 5.10 Å². The van der Waals surface area contributed by atoms with Crippen LogP contribution in [0.25, 0.3) is 11.1 Å². The predicted molar refractivity (Wildman–Crippen MR) is 120 cm³/mol. The quantitative estimate of drug-likeness (QED) is 0.632. The average Bonchev–Trinajstić information content (AvgIpc) is 3.42. The summed E-state index contributed by atoms with van der Waals surface area (Å²) >= 11 is 0. The van der Waals surface area contributed by atoms with Gasteiger partial charge in [-0.15, -0.1) is 0 Å². The summed E-state index contributed by atoms with van der Waals surface area (Å²) < 4.78 is 7.28. The number of rotatable bonds is 5. The normalized spacial score (nSPS) is 15.9. The van der Waals surface area contributed by atoms with Crippen molar-refractivity contribution >= 4 is 11.9 Å². The lowest BCUT2D eigenvalue weighted by molar-refractivity contribution is 0.0787. The third kappa shape index (κ3) is 3.97. The molecule has 0 aliphatic carbocycles. The topological polar surface area (TPSA) is 76.4 Å². The molecule has 31 heavy (non-hydrogen) atoms. The first-order chi connectivity index (χ1) is 14.9. The number of benzene rings is 1. The molecule has 0 spiro atoms. The van der Waals surface area contributed by atoms with Gasteiger partial charge in [-0.05, 0) is 25.0 Å². The Bertz CT molecular complexity index is 1110. The van der Waals surface area contributed by atoms with Crippen LogP contribution in [-0.2, 0) is 7.05 Å². The molecule has 0 N–H and O–H groups in total. The number of carbonyl (C=O) groups is 1. The van der Waals surface area contributed by atoms with Gasteiger partial charge in [0.1, 0.15) is 5.75 Å². The molecule has 1 amide bonds. The molecule has 8 heteroatoms. The number of hydrogen-bond donors (Lipinski definition) is 0. The van der Waals surface area contributed by atoms with Crippen LogP contribution in [0.3, 0.4) is 0 Å². The molecule has 4 rings (SSSR count). The first-order valence-electron chi connectivity index (χ1n) is 10.3. The van der Waals surface area contributed by atoms with Crippen molar-refractivity contribution in [2.45, 2.75) is 19.3 Å². The summed E-state index contributed by atoms with van der Waals surface area (Å²) in [5, 5.41) is 4.30. The number of aryl methyl sites for hydroxylation is 2. The number of aromatic nitrogens is 4. The molecule has 3 aromatic rings. The smallest absolute Gasteiger partial charge is 0.257 e. The molecule has 8 nitrogen and oxygen atoms in total. The van der Waals surface area contributed by atoms with Gasteiger partial charge in [-0.25, -0.2) is 9.97 Å². The van der Waals surface area contributed by atoms with Crippen LogP contribution in [0.4, 0.5) is 5.95 Å². The minimum absolute atomic E-state index is 0.00660. The first kappa shape index (κ1) is 20.8. The number of para-hydroxylation sites is 1. The van der Waals surface area contributed by atoms with Crippen molar-refractivity contribution in [2.75, 3.05) is 39.2 Å². The number of hydrogen-bond acceptors (Lipinski definition) is 6. The van der Waals surface area contributed by atoms with Gasteiger partial charge in [0.2, 0.25) is 5.95 Å². The van der Waals surface area contributed by atoms with Gasteiger partial charge in [0.15, 0.2) is 0 Å².